The van der Waals surface area contributed by atoms with Gasteiger partial charge < -0.3 is 20.1 Å². The fraction of sp³-hybridized carbons (Fsp3) is 0.217. The van der Waals surface area contributed by atoms with E-state index in [-0.39, 0.29) is 66.1 Å². The number of aryl methyl sites for hydroxylation is 1. The van der Waals surface area contributed by atoms with Gasteiger partial charge in [0.05, 0.1) is 29.7 Å². The molecule has 0 aliphatic rings. The van der Waals surface area contributed by atoms with Gasteiger partial charge in [-0.1, -0.05) is 17.9 Å². The van der Waals surface area contributed by atoms with E-state index in [2.05, 4.69) is 15.3 Å². The third kappa shape index (κ3) is 5.20. The van der Waals surface area contributed by atoms with Crippen LogP contribution in [-0.2, 0) is 20.0 Å². The number of carbonyl (C=O) groups excluding carboxylic acids is 1. The second-order valence-corrected chi connectivity index (χ2v) is 7.54. The Morgan fingerprint density at radius 3 is 2.59 bits per heavy atom. The average molecular weight is 473 g/mol. The fourth-order valence-corrected chi connectivity index (χ4v) is 3.58. The summed E-state index contributed by atoms with van der Waals surface area (Å²) in [7, 11) is 1.77. The molecular weight excluding hydrogens is 452 g/mol. The third-order valence-electron chi connectivity index (χ3n) is 5.28. The summed E-state index contributed by atoms with van der Waals surface area (Å²) in [4.78, 5) is 34.3. The van der Waals surface area contributed by atoms with Crippen molar-refractivity contribution < 1.29 is 49.0 Å². The number of hydrogen-bond acceptors (Lipinski definition) is 6. The molecule has 0 aliphatic carbocycles. The Labute approximate surface area is 216 Å². The number of amides is 1. The Kier molecular flexibility index (Phi) is 8.21. The number of fused-ring (bicyclic) bond motifs is 1. The first kappa shape index (κ1) is 25.6. The molecule has 3 aromatic heterocycles. The second kappa shape index (κ2) is 10.9. The molecule has 0 atom stereocenters. The molecule has 0 unspecified atom stereocenters. The third-order valence-corrected chi connectivity index (χ3v) is 5.28. The van der Waals surface area contributed by atoms with E-state index in [1.54, 1.807) is 42.2 Å². The van der Waals surface area contributed by atoms with Crippen molar-refractivity contribution in [2.24, 2.45) is 7.05 Å². The van der Waals surface area contributed by atoms with Crippen molar-refractivity contribution in [1.29, 1.82) is 0 Å². The number of carbonyl (C=O) groups is 1. The summed E-state index contributed by atoms with van der Waals surface area (Å²) in [5.41, 5.74) is 0.444. The number of hydrogen-bond donors (Lipinski definition) is 2. The van der Waals surface area contributed by atoms with Crippen LogP contribution in [0, 0.1) is 5.82 Å². The Morgan fingerprint density at radius 2 is 1.94 bits per heavy atom. The molecule has 1 aromatic carbocycles. The van der Waals surface area contributed by atoms with E-state index in [4.69, 9.17) is 5.11 Å². The van der Waals surface area contributed by atoms with Crippen molar-refractivity contribution in [2.75, 3.05) is 13.2 Å². The number of pyridine rings is 2. The summed E-state index contributed by atoms with van der Waals surface area (Å²) in [6.07, 6.45) is 5.21. The Hall–Kier alpha value is -3.05. The van der Waals surface area contributed by atoms with Gasteiger partial charge in [0.25, 0.3) is 11.5 Å². The van der Waals surface area contributed by atoms with Crippen LogP contribution in [0.15, 0.2) is 53.7 Å². The van der Waals surface area contributed by atoms with Crippen LogP contribution in [0.3, 0.4) is 0 Å². The van der Waals surface area contributed by atoms with Gasteiger partial charge in [-0.2, -0.15) is 0 Å². The average Bonchev–Trinajstić information content (AvgIpc) is 3.21. The first-order valence-electron chi connectivity index (χ1n) is 10.2. The van der Waals surface area contributed by atoms with E-state index in [9.17, 15) is 19.1 Å². The van der Waals surface area contributed by atoms with E-state index in [0.29, 0.717) is 17.8 Å². The number of nitrogens with one attached hydrogen (secondary N) is 1. The molecule has 0 radical (unpaired) electrons. The minimum atomic E-state index is -0.869. The quantitative estimate of drug-likeness (QED) is 0.291. The van der Waals surface area contributed by atoms with Gasteiger partial charge in [-0.25, -0.2) is 9.37 Å². The number of imidazole rings is 1. The number of rotatable bonds is 7. The van der Waals surface area contributed by atoms with Gasteiger partial charge in [-0.05, 0) is 35.7 Å². The van der Waals surface area contributed by atoms with Crippen LogP contribution in [0.2, 0.25) is 0 Å². The maximum atomic E-state index is 13.3. The van der Waals surface area contributed by atoms with Crippen molar-refractivity contribution in [2.45, 2.75) is 13.0 Å². The van der Waals surface area contributed by atoms with Crippen LogP contribution >= 0.6 is 0 Å². The topological polar surface area (TPSA) is 125 Å². The molecule has 1 amide bonds. The maximum Gasteiger partial charge on any atom is 1.00 e. The summed E-state index contributed by atoms with van der Waals surface area (Å²) >= 11 is 0. The first-order valence-corrected chi connectivity index (χ1v) is 10.2. The molecule has 2 N–H and O–H groups in total. The minimum absolute atomic E-state index is 0. The van der Waals surface area contributed by atoms with Crippen LogP contribution in [0.5, 0.6) is 5.75 Å². The molecule has 0 aliphatic heterocycles. The number of aliphatic hydroxyl groups is 1. The molecule has 0 saturated carbocycles. The summed E-state index contributed by atoms with van der Waals surface area (Å²) in [6, 6.07) is 7.68. The van der Waals surface area contributed by atoms with Gasteiger partial charge >= 0.3 is 29.6 Å². The number of aliphatic hydroxyl groups excluding tert-OH is 1. The van der Waals surface area contributed by atoms with Crippen molar-refractivity contribution >= 4 is 16.9 Å². The van der Waals surface area contributed by atoms with E-state index in [1.165, 1.54) is 22.9 Å². The van der Waals surface area contributed by atoms with E-state index >= 15 is 0 Å². The molecule has 170 valence electrons. The van der Waals surface area contributed by atoms with Gasteiger partial charge in [-0.15, -0.1) is 0 Å². The molecule has 9 nitrogen and oxygen atoms in total. The molecule has 11 heteroatoms. The summed E-state index contributed by atoms with van der Waals surface area (Å²) in [5, 5.41) is 24.4. The van der Waals surface area contributed by atoms with Crippen LogP contribution in [0.4, 0.5) is 4.39 Å². The van der Waals surface area contributed by atoms with Crippen molar-refractivity contribution in [3.8, 4) is 5.75 Å². The normalized spacial score (nSPS) is 10.8. The zero-order valence-corrected chi connectivity index (χ0v) is 20.8. The smallest absolute Gasteiger partial charge is 0.870 e. The van der Waals surface area contributed by atoms with Gasteiger partial charge in [-0.3, -0.25) is 19.1 Å². The molecule has 0 spiro atoms. The largest absolute Gasteiger partial charge is 1.00 e. The monoisotopic (exact) mass is 473 g/mol. The molecule has 0 fully saturated rings. The fourth-order valence-electron chi connectivity index (χ4n) is 3.58. The molecule has 0 bridgehead atoms. The Morgan fingerprint density at radius 1 is 1.21 bits per heavy atom. The van der Waals surface area contributed by atoms with Crippen LogP contribution < -0.4 is 45.5 Å². The Balaban J connectivity index is 0.00000324. The first-order chi connectivity index (χ1) is 15.9. The predicted molar refractivity (Wildman–Crippen MR) is 116 cm³/mol. The molecule has 0 saturated heterocycles. The number of benzene rings is 1. The number of halogens is 1. The second-order valence-electron chi connectivity index (χ2n) is 7.54. The standard InChI is InChI=1S/C23H22FN5O4.Na/c1-28-8-6-25-18(28)13-29-17-11-15(10-14-2-4-16(24)5-3-14)12-27-20(17)21(31)19(23(29)33)22(32)26-7-9-30;/h2-6,8,11-12,30-31H,7,9-10,13H2,1H3,(H,26,32);/q;+1/p-1. The zero-order chi connectivity index (χ0) is 23.5. The minimum Gasteiger partial charge on any atom is -0.870 e. The number of nitrogens with zero attached hydrogens (tertiary/aromatic N) is 4. The van der Waals surface area contributed by atoms with E-state index in [1.807, 2.05) is 0 Å². The molecule has 4 rings (SSSR count). The van der Waals surface area contributed by atoms with Gasteiger partial charge in [0.2, 0.25) is 0 Å². The maximum absolute atomic E-state index is 13.3. The molecular formula is C23H21FN5NaO4. The van der Waals surface area contributed by atoms with Crippen LogP contribution in [0.1, 0.15) is 27.3 Å². The zero-order valence-electron chi connectivity index (χ0n) is 18.8. The summed E-state index contributed by atoms with van der Waals surface area (Å²) in [5.74, 6) is -1.45. The van der Waals surface area contributed by atoms with Crippen molar-refractivity contribution in [3.05, 3.63) is 87.6 Å². The predicted octanol–water partition coefficient (Wildman–Crippen LogP) is -2.29. The molecule has 34 heavy (non-hydrogen) atoms. The number of aromatic nitrogens is 4. The van der Waals surface area contributed by atoms with Gasteiger partial charge in [0.1, 0.15) is 11.6 Å². The van der Waals surface area contributed by atoms with Crippen LogP contribution in [0.25, 0.3) is 11.0 Å². The Bertz CT molecular complexity index is 1380. The summed E-state index contributed by atoms with van der Waals surface area (Å²) in [6.45, 7) is -0.416. The van der Waals surface area contributed by atoms with E-state index < -0.39 is 22.8 Å². The van der Waals surface area contributed by atoms with Crippen LogP contribution in [-0.4, -0.2) is 43.3 Å². The van der Waals surface area contributed by atoms with Gasteiger partial charge in [0, 0.05) is 32.2 Å². The van der Waals surface area contributed by atoms with E-state index in [0.717, 1.165) is 5.56 Å². The van der Waals surface area contributed by atoms with Gasteiger partial charge in [0.15, 0.2) is 0 Å². The van der Waals surface area contributed by atoms with Crippen molar-refractivity contribution in [1.82, 2.24) is 24.4 Å². The van der Waals surface area contributed by atoms with Crippen molar-refractivity contribution in [3.63, 3.8) is 0 Å². The molecule has 4 aromatic rings. The summed E-state index contributed by atoms with van der Waals surface area (Å²) < 4.78 is 16.3. The molecule has 3 heterocycles. The SMILES string of the molecule is Cn1ccnc1Cn1c(=O)c(C(=O)NCCO)c([O-])c2ncc(Cc3ccc(F)cc3)cc21.[Na+].